The Hall–Kier alpha value is -2.10. The lowest BCUT2D eigenvalue weighted by atomic mass is 9.89. The Morgan fingerprint density at radius 2 is 2.00 bits per heavy atom. The quantitative estimate of drug-likeness (QED) is 0.879. The molecule has 1 unspecified atom stereocenters. The zero-order chi connectivity index (χ0) is 18.1. The second-order valence-corrected chi connectivity index (χ2v) is 7.45. The van der Waals surface area contributed by atoms with E-state index in [9.17, 15) is 5.11 Å². The first kappa shape index (κ1) is 17.3. The minimum Gasteiger partial charge on any atom is -0.493 e. The van der Waals surface area contributed by atoms with Gasteiger partial charge in [0.2, 0.25) is 0 Å². The maximum Gasteiger partial charge on any atom is 0.122 e. The smallest absolute Gasteiger partial charge is 0.122 e. The van der Waals surface area contributed by atoms with Crippen LogP contribution in [0.3, 0.4) is 0 Å². The van der Waals surface area contributed by atoms with Gasteiger partial charge in [0.05, 0.1) is 19.3 Å². The van der Waals surface area contributed by atoms with E-state index in [2.05, 4.69) is 55.6 Å². The number of aliphatic hydroxyl groups excluding tert-OH is 1. The molecule has 2 aromatic rings. The molecule has 2 aromatic carbocycles. The Morgan fingerprint density at radius 3 is 2.85 bits per heavy atom. The molecule has 1 atom stereocenters. The number of aryl methyl sites for hydroxylation is 3. The van der Waals surface area contributed by atoms with Crippen LogP contribution >= 0.6 is 0 Å². The van der Waals surface area contributed by atoms with Gasteiger partial charge in [-0.3, -0.25) is 0 Å². The molecule has 3 nitrogen and oxygen atoms in total. The molecule has 0 saturated carbocycles. The third-order valence-electron chi connectivity index (χ3n) is 5.63. The zero-order valence-electron chi connectivity index (χ0n) is 15.6. The van der Waals surface area contributed by atoms with Crippen LogP contribution in [0.25, 0.3) is 6.08 Å². The van der Waals surface area contributed by atoms with Crippen LogP contribution < -0.4 is 10.1 Å². The number of benzene rings is 2. The molecule has 2 aliphatic heterocycles. The predicted octanol–water partition coefficient (Wildman–Crippen LogP) is 4.02. The Kier molecular flexibility index (Phi) is 4.84. The maximum atomic E-state index is 9.61. The summed E-state index contributed by atoms with van der Waals surface area (Å²) >= 11 is 0. The molecule has 0 spiro atoms. The number of rotatable bonds is 3. The fraction of sp³-hybridized carbons (Fsp3) is 0.391. The SMILES string of the molecule is Cc1cc2c(cc1/C=C/C1NCCc3cc(C)c(CO)cc31)CCCO2. The van der Waals surface area contributed by atoms with Crippen LogP contribution in [0.1, 0.15) is 51.4 Å². The van der Waals surface area contributed by atoms with Crippen molar-refractivity contribution in [1.29, 1.82) is 0 Å². The van der Waals surface area contributed by atoms with E-state index in [0.717, 1.165) is 43.7 Å². The van der Waals surface area contributed by atoms with Crippen LogP contribution in [0.15, 0.2) is 30.3 Å². The van der Waals surface area contributed by atoms with Gasteiger partial charge >= 0.3 is 0 Å². The lowest BCUT2D eigenvalue weighted by molar-refractivity contribution is 0.280. The normalized spacial score (nSPS) is 19.1. The van der Waals surface area contributed by atoms with Crippen LogP contribution in [0.5, 0.6) is 5.75 Å². The minimum absolute atomic E-state index is 0.0967. The van der Waals surface area contributed by atoms with E-state index in [1.54, 1.807) is 0 Å². The molecule has 4 rings (SSSR count). The Bertz CT molecular complexity index is 854. The van der Waals surface area contributed by atoms with Crippen molar-refractivity contribution in [2.45, 2.75) is 45.8 Å². The van der Waals surface area contributed by atoms with Gasteiger partial charge in [-0.15, -0.1) is 0 Å². The number of ether oxygens (including phenoxy) is 1. The van der Waals surface area contributed by atoms with Crippen LogP contribution in [-0.2, 0) is 19.4 Å². The molecular formula is C23H27NO2. The van der Waals surface area contributed by atoms with E-state index in [1.165, 1.54) is 33.4 Å². The topological polar surface area (TPSA) is 41.5 Å². The van der Waals surface area contributed by atoms with Gasteiger partial charge in [-0.05, 0) is 84.2 Å². The summed E-state index contributed by atoms with van der Waals surface area (Å²) in [5.74, 6) is 1.05. The summed E-state index contributed by atoms with van der Waals surface area (Å²) in [6.07, 6.45) is 7.73. The van der Waals surface area contributed by atoms with Gasteiger partial charge in [0, 0.05) is 6.54 Å². The molecule has 0 fully saturated rings. The highest BCUT2D eigenvalue weighted by Gasteiger charge is 2.19. The highest BCUT2D eigenvalue weighted by molar-refractivity contribution is 5.59. The molecule has 26 heavy (non-hydrogen) atoms. The Labute approximate surface area is 155 Å². The molecule has 2 N–H and O–H groups in total. The first-order chi connectivity index (χ1) is 12.7. The summed E-state index contributed by atoms with van der Waals surface area (Å²) in [7, 11) is 0. The van der Waals surface area contributed by atoms with Gasteiger partial charge in [0.25, 0.3) is 0 Å². The van der Waals surface area contributed by atoms with Crippen molar-refractivity contribution >= 4 is 6.08 Å². The number of nitrogens with one attached hydrogen (secondary N) is 1. The summed E-state index contributed by atoms with van der Waals surface area (Å²) < 4.78 is 5.78. The molecule has 0 saturated heterocycles. The first-order valence-electron chi connectivity index (χ1n) is 9.57. The fourth-order valence-corrected chi connectivity index (χ4v) is 4.05. The molecule has 0 radical (unpaired) electrons. The van der Waals surface area contributed by atoms with Crippen molar-refractivity contribution in [3.63, 3.8) is 0 Å². The van der Waals surface area contributed by atoms with Crippen LogP contribution in [0.2, 0.25) is 0 Å². The van der Waals surface area contributed by atoms with E-state index in [0.29, 0.717) is 0 Å². The minimum atomic E-state index is 0.0967. The second-order valence-electron chi connectivity index (χ2n) is 7.45. The molecule has 0 amide bonds. The molecule has 0 aromatic heterocycles. The standard InChI is InChI=1S/C23H27NO2/c1-15-10-18-7-8-24-22(21(18)13-20(15)14-25)6-5-17-12-19-4-3-9-26-23(19)11-16(17)2/h5-6,10-13,22,24-25H,3-4,7-9,14H2,1-2H3/b6-5+. The molecule has 2 heterocycles. The molecular weight excluding hydrogens is 322 g/mol. The van der Waals surface area contributed by atoms with Crippen molar-refractivity contribution < 1.29 is 9.84 Å². The van der Waals surface area contributed by atoms with Gasteiger partial charge < -0.3 is 15.2 Å². The Balaban J connectivity index is 1.64. The third kappa shape index (κ3) is 3.29. The van der Waals surface area contributed by atoms with Crippen molar-refractivity contribution in [3.8, 4) is 5.75 Å². The van der Waals surface area contributed by atoms with Crippen molar-refractivity contribution in [2.75, 3.05) is 13.2 Å². The van der Waals surface area contributed by atoms with Gasteiger partial charge in [-0.1, -0.05) is 24.3 Å². The molecule has 3 heteroatoms. The molecule has 136 valence electrons. The number of fused-ring (bicyclic) bond motifs is 2. The largest absolute Gasteiger partial charge is 0.493 e. The predicted molar refractivity (Wildman–Crippen MR) is 106 cm³/mol. The van der Waals surface area contributed by atoms with Crippen molar-refractivity contribution in [1.82, 2.24) is 5.32 Å². The fourth-order valence-electron chi connectivity index (χ4n) is 4.05. The van der Waals surface area contributed by atoms with Crippen LogP contribution in [0, 0.1) is 13.8 Å². The van der Waals surface area contributed by atoms with Gasteiger partial charge in [-0.25, -0.2) is 0 Å². The van der Waals surface area contributed by atoms with E-state index >= 15 is 0 Å². The van der Waals surface area contributed by atoms with E-state index in [-0.39, 0.29) is 12.6 Å². The van der Waals surface area contributed by atoms with Gasteiger partial charge in [0.1, 0.15) is 5.75 Å². The van der Waals surface area contributed by atoms with E-state index < -0.39 is 0 Å². The molecule has 2 aliphatic rings. The molecule has 0 bridgehead atoms. The first-order valence-corrected chi connectivity index (χ1v) is 9.57. The lowest BCUT2D eigenvalue weighted by Crippen LogP contribution is -2.28. The highest BCUT2D eigenvalue weighted by Crippen LogP contribution is 2.31. The number of hydrogen-bond acceptors (Lipinski definition) is 3. The average Bonchev–Trinajstić information content (AvgIpc) is 2.65. The summed E-state index contributed by atoms with van der Waals surface area (Å²) in [4.78, 5) is 0. The summed E-state index contributed by atoms with van der Waals surface area (Å²) in [6.45, 7) is 6.14. The van der Waals surface area contributed by atoms with Crippen LogP contribution in [-0.4, -0.2) is 18.3 Å². The Morgan fingerprint density at radius 1 is 1.12 bits per heavy atom. The average molecular weight is 349 g/mol. The number of aliphatic hydroxyl groups is 1. The third-order valence-corrected chi connectivity index (χ3v) is 5.63. The summed E-state index contributed by atoms with van der Waals surface area (Å²) in [5, 5.41) is 13.2. The molecule has 0 aliphatic carbocycles. The van der Waals surface area contributed by atoms with Gasteiger partial charge in [-0.2, -0.15) is 0 Å². The van der Waals surface area contributed by atoms with E-state index in [4.69, 9.17) is 4.74 Å². The zero-order valence-corrected chi connectivity index (χ0v) is 15.6. The summed E-state index contributed by atoms with van der Waals surface area (Å²) in [6, 6.07) is 9.04. The second kappa shape index (κ2) is 7.26. The van der Waals surface area contributed by atoms with Crippen molar-refractivity contribution in [3.05, 3.63) is 69.3 Å². The van der Waals surface area contributed by atoms with Gasteiger partial charge in [0.15, 0.2) is 0 Å². The highest BCUT2D eigenvalue weighted by atomic mass is 16.5. The monoisotopic (exact) mass is 349 g/mol. The maximum absolute atomic E-state index is 9.61. The van der Waals surface area contributed by atoms with E-state index in [1.807, 2.05) is 0 Å². The number of hydrogen-bond donors (Lipinski definition) is 2. The van der Waals surface area contributed by atoms with Crippen molar-refractivity contribution in [2.24, 2.45) is 0 Å². The summed E-state index contributed by atoms with van der Waals surface area (Å²) in [5.41, 5.74) is 8.71. The lowest BCUT2D eigenvalue weighted by Gasteiger charge is -2.26. The van der Waals surface area contributed by atoms with Crippen LogP contribution in [0.4, 0.5) is 0 Å².